The standard InChI is InChI=1S/C20H24F2N4O3/c1-4-11(2)16(19(27)29-3)25-20(28)26-8-7-15-17(24-10-23-15)18(26)13-9-12(21)5-6-14(13)22/h5-6,9-11,16,18H,4,7-8H2,1-3H3,(H,23,24)(H,25,28)/t11-,16+,18+/m1/s1. The maximum Gasteiger partial charge on any atom is 0.328 e. The number of aromatic nitrogens is 2. The molecule has 0 bridgehead atoms. The number of nitrogens with zero attached hydrogens (tertiary/aromatic N) is 2. The molecule has 1 aromatic heterocycles. The predicted octanol–water partition coefficient (Wildman–Crippen LogP) is 2.93. The van der Waals surface area contributed by atoms with E-state index in [9.17, 15) is 18.4 Å². The van der Waals surface area contributed by atoms with Gasteiger partial charge < -0.3 is 19.9 Å². The van der Waals surface area contributed by atoms with E-state index in [4.69, 9.17) is 4.74 Å². The Kier molecular flexibility index (Phi) is 6.14. The molecule has 0 spiro atoms. The minimum absolute atomic E-state index is 0.00589. The Labute approximate surface area is 167 Å². The second-order valence-corrected chi connectivity index (χ2v) is 7.11. The second kappa shape index (κ2) is 8.59. The summed E-state index contributed by atoms with van der Waals surface area (Å²) in [7, 11) is 1.26. The van der Waals surface area contributed by atoms with Gasteiger partial charge in [0, 0.05) is 24.2 Å². The van der Waals surface area contributed by atoms with Crippen molar-refractivity contribution in [1.82, 2.24) is 20.2 Å². The first-order chi connectivity index (χ1) is 13.9. The number of ether oxygens (including phenoxy) is 1. The van der Waals surface area contributed by atoms with Gasteiger partial charge in [-0.15, -0.1) is 0 Å². The molecular weight excluding hydrogens is 382 g/mol. The average Bonchev–Trinajstić information content (AvgIpc) is 3.20. The van der Waals surface area contributed by atoms with Crippen molar-refractivity contribution < 1.29 is 23.1 Å². The van der Waals surface area contributed by atoms with E-state index < -0.39 is 35.7 Å². The quantitative estimate of drug-likeness (QED) is 0.748. The number of nitrogens with one attached hydrogen (secondary N) is 2. The summed E-state index contributed by atoms with van der Waals surface area (Å²) >= 11 is 0. The number of carbonyl (C=O) groups excluding carboxylic acids is 2. The fourth-order valence-electron chi connectivity index (χ4n) is 3.55. The summed E-state index contributed by atoms with van der Waals surface area (Å²) in [5.41, 5.74) is 1.22. The van der Waals surface area contributed by atoms with Crippen LogP contribution in [0, 0.1) is 17.6 Å². The van der Waals surface area contributed by atoms with Gasteiger partial charge in [0.15, 0.2) is 0 Å². The Morgan fingerprint density at radius 1 is 1.41 bits per heavy atom. The van der Waals surface area contributed by atoms with Gasteiger partial charge in [-0.05, 0) is 24.1 Å². The highest BCUT2D eigenvalue weighted by Crippen LogP contribution is 2.35. The van der Waals surface area contributed by atoms with Crippen molar-refractivity contribution in [3.63, 3.8) is 0 Å². The van der Waals surface area contributed by atoms with Crippen LogP contribution in [-0.4, -0.2) is 46.6 Å². The minimum atomic E-state index is -0.920. The molecule has 2 aromatic rings. The third kappa shape index (κ3) is 4.08. The summed E-state index contributed by atoms with van der Waals surface area (Å²) in [6.45, 7) is 3.97. The Bertz CT molecular complexity index is 902. The number of benzene rings is 1. The largest absolute Gasteiger partial charge is 0.467 e. The van der Waals surface area contributed by atoms with Crippen LogP contribution in [0.15, 0.2) is 24.5 Å². The molecule has 1 aliphatic heterocycles. The fourth-order valence-corrected chi connectivity index (χ4v) is 3.55. The zero-order chi connectivity index (χ0) is 21.1. The van der Waals surface area contributed by atoms with E-state index in [1.165, 1.54) is 18.3 Å². The number of aromatic amines is 1. The lowest BCUT2D eigenvalue weighted by Gasteiger charge is -2.36. The molecule has 0 saturated heterocycles. The first kappa shape index (κ1) is 20.8. The van der Waals surface area contributed by atoms with Crippen molar-refractivity contribution in [2.45, 2.75) is 38.8 Å². The number of esters is 1. The van der Waals surface area contributed by atoms with Gasteiger partial charge in [-0.25, -0.2) is 23.4 Å². The van der Waals surface area contributed by atoms with Crippen LogP contribution in [-0.2, 0) is 16.0 Å². The van der Waals surface area contributed by atoms with Crippen LogP contribution in [0.2, 0.25) is 0 Å². The molecule has 9 heteroatoms. The van der Waals surface area contributed by atoms with Crippen LogP contribution in [0.5, 0.6) is 0 Å². The van der Waals surface area contributed by atoms with Gasteiger partial charge >= 0.3 is 12.0 Å². The summed E-state index contributed by atoms with van der Waals surface area (Å²) in [5.74, 6) is -1.98. The van der Waals surface area contributed by atoms with Crippen molar-refractivity contribution in [3.8, 4) is 0 Å². The van der Waals surface area contributed by atoms with E-state index in [0.29, 0.717) is 18.5 Å². The Hall–Kier alpha value is -2.97. The van der Waals surface area contributed by atoms with Gasteiger partial charge in [0.25, 0.3) is 0 Å². The molecule has 0 aliphatic carbocycles. The van der Waals surface area contributed by atoms with E-state index in [0.717, 1.165) is 23.9 Å². The lowest BCUT2D eigenvalue weighted by molar-refractivity contribution is -0.144. The molecule has 2 N–H and O–H groups in total. The number of halogens is 2. The number of rotatable bonds is 5. The van der Waals surface area contributed by atoms with Crippen molar-refractivity contribution in [1.29, 1.82) is 0 Å². The third-order valence-electron chi connectivity index (χ3n) is 5.39. The lowest BCUT2D eigenvalue weighted by atomic mass is 9.95. The molecule has 7 nitrogen and oxygen atoms in total. The van der Waals surface area contributed by atoms with Crippen LogP contribution >= 0.6 is 0 Å². The van der Waals surface area contributed by atoms with E-state index in [2.05, 4.69) is 15.3 Å². The zero-order valence-electron chi connectivity index (χ0n) is 16.5. The second-order valence-electron chi connectivity index (χ2n) is 7.11. The summed E-state index contributed by atoms with van der Waals surface area (Å²) in [5, 5.41) is 2.70. The molecule has 2 heterocycles. The van der Waals surface area contributed by atoms with E-state index in [-0.39, 0.29) is 18.0 Å². The monoisotopic (exact) mass is 406 g/mol. The molecule has 1 aromatic carbocycles. The van der Waals surface area contributed by atoms with Crippen molar-refractivity contribution in [2.24, 2.45) is 5.92 Å². The van der Waals surface area contributed by atoms with Crippen LogP contribution in [0.3, 0.4) is 0 Å². The van der Waals surface area contributed by atoms with Crippen LogP contribution in [0.4, 0.5) is 13.6 Å². The normalized spacial score (nSPS) is 18.0. The highest BCUT2D eigenvalue weighted by molar-refractivity contribution is 5.84. The highest BCUT2D eigenvalue weighted by atomic mass is 19.1. The number of H-pyrrole nitrogens is 1. The van der Waals surface area contributed by atoms with Crippen LogP contribution in [0.1, 0.15) is 43.3 Å². The van der Waals surface area contributed by atoms with Gasteiger partial charge in [0.05, 0.1) is 19.1 Å². The zero-order valence-corrected chi connectivity index (χ0v) is 16.5. The maximum absolute atomic E-state index is 14.6. The van der Waals surface area contributed by atoms with Gasteiger partial charge in [0.2, 0.25) is 0 Å². The number of carbonyl (C=O) groups is 2. The van der Waals surface area contributed by atoms with Crippen molar-refractivity contribution >= 4 is 12.0 Å². The summed E-state index contributed by atoms with van der Waals surface area (Å²) in [6, 6.07) is 0.776. The number of imidazole rings is 1. The molecule has 3 rings (SSSR count). The molecule has 0 radical (unpaired) electrons. The molecular formula is C20H24F2N4O3. The summed E-state index contributed by atoms with van der Waals surface area (Å²) < 4.78 is 33.3. The number of methoxy groups -OCH3 is 1. The molecule has 3 atom stereocenters. The first-order valence-electron chi connectivity index (χ1n) is 9.49. The average molecular weight is 406 g/mol. The molecule has 29 heavy (non-hydrogen) atoms. The van der Waals surface area contributed by atoms with Gasteiger partial charge in [-0.2, -0.15) is 0 Å². The lowest BCUT2D eigenvalue weighted by Crippen LogP contribution is -2.53. The SMILES string of the molecule is CC[C@@H](C)[C@H](NC(=O)N1CCc2[nH]cnc2[C@@H]1c1cc(F)ccc1F)C(=O)OC. The molecule has 0 saturated carbocycles. The number of hydrogen-bond donors (Lipinski definition) is 2. The van der Waals surface area contributed by atoms with E-state index in [1.807, 2.05) is 13.8 Å². The fraction of sp³-hybridized carbons (Fsp3) is 0.450. The topological polar surface area (TPSA) is 87.3 Å². The van der Waals surface area contributed by atoms with Gasteiger partial charge in [-0.3, -0.25) is 0 Å². The Balaban J connectivity index is 1.97. The third-order valence-corrected chi connectivity index (χ3v) is 5.39. The molecule has 1 aliphatic rings. The minimum Gasteiger partial charge on any atom is -0.467 e. The van der Waals surface area contributed by atoms with Crippen molar-refractivity contribution in [3.05, 3.63) is 53.1 Å². The van der Waals surface area contributed by atoms with Crippen LogP contribution in [0.25, 0.3) is 0 Å². The summed E-state index contributed by atoms with van der Waals surface area (Å²) in [4.78, 5) is 33.9. The number of hydrogen-bond acceptors (Lipinski definition) is 4. The molecule has 0 fully saturated rings. The number of urea groups is 1. The molecule has 0 unspecified atom stereocenters. The highest BCUT2D eigenvalue weighted by Gasteiger charge is 2.38. The predicted molar refractivity (Wildman–Crippen MR) is 101 cm³/mol. The Morgan fingerprint density at radius 3 is 2.86 bits per heavy atom. The first-order valence-corrected chi connectivity index (χ1v) is 9.49. The Morgan fingerprint density at radius 2 is 2.17 bits per heavy atom. The molecule has 2 amide bonds. The number of amides is 2. The smallest absolute Gasteiger partial charge is 0.328 e. The van der Waals surface area contributed by atoms with E-state index in [1.54, 1.807) is 0 Å². The van der Waals surface area contributed by atoms with Gasteiger partial charge in [-0.1, -0.05) is 20.3 Å². The van der Waals surface area contributed by atoms with Crippen LogP contribution < -0.4 is 5.32 Å². The van der Waals surface area contributed by atoms with Gasteiger partial charge in [0.1, 0.15) is 23.7 Å². The summed E-state index contributed by atoms with van der Waals surface area (Å²) in [6.07, 6.45) is 2.58. The number of fused-ring (bicyclic) bond motifs is 1. The van der Waals surface area contributed by atoms with E-state index >= 15 is 0 Å². The van der Waals surface area contributed by atoms with Crippen molar-refractivity contribution in [2.75, 3.05) is 13.7 Å². The molecule has 156 valence electrons. The maximum atomic E-state index is 14.6.